The molecule has 1 aromatic heterocycles. The second-order valence-electron chi connectivity index (χ2n) is 6.69. The van der Waals surface area contributed by atoms with Gasteiger partial charge in [0.25, 0.3) is 0 Å². The van der Waals surface area contributed by atoms with Crippen molar-refractivity contribution in [2.24, 2.45) is 0 Å². The summed E-state index contributed by atoms with van der Waals surface area (Å²) in [6, 6.07) is 13.4. The fourth-order valence-corrected chi connectivity index (χ4v) is 3.25. The molecule has 0 aliphatic rings. The molecular formula is C21H23ClN4O. The van der Waals surface area contributed by atoms with Gasteiger partial charge < -0.3 is 10.6 Å². The number of carbonyl (C=O) groups excluding carboxylic acids is 1. The topological polar surface area (TPSA) is 59.0 Å². The number of rotatable bonds is 4. The first-order chi connectivity index (χ1) is 12.8. The summed E-state index contributed by atoms with van der Waals surface area (Å²) < 4.78 is 1.91. The number of halogens is 1. The third-order valence-corrected chi connectivity index (χ3v) is 4.89. The van der Waals surface area contributed by atoms with Crippen molar-refractivity contribution in [1.29, 1.82) is 0 Å². The van der Waals surface area contributed by atoms with Crippen LogP contribution in [0.15, 0.2) is 42.5 Å². The number of benzene rings is 2. The van der Waals surface area contributed by atoms with Gasteiger partial charge >= 0.3 is 6.03 Å². The van der Waals surface area contributed by atoms with Crippen molar-refractivity contribution in [3.05, 3.63) is 75.6 Å². The predicted octanol–water partition coefficient (Wildman–Crippen LogP) is 5.46. The standard InChI is InChI=1S/C21H23ClN4O/c1-13-9-10-19(18(22)11-13)23-21(27)24-20-15(3)25-26(16(20)4)12-17-8-6-5-7-14(17)2/h5-11H,12H2,1-4H3,(H2,23,24,27). The van der Waals surface area contributed by atoms with Crippen LogP contribution in [-0.2, 0) is 6.54 Å². The number of carbonyl (C=O) groups is 1. The number of urea groups is 1. The SMILES string of the molecule is Cc1ccc(NC(=O)Nc2c(C)nn(Cc3ccccc3C)c2C)c(Cl)c1. The highest BCUT2D eigenvalue weighted by molar-refractivity contribution is 6.33. The average molecular weight is 383 g/mol. The monoisotopic (exact) mass is 382 g/mol. The van der Waals surface area contributed by atoms with E-state index in [1.54, 1.807) is 6.07 Å². The van der Waals surface area contributed by atoms with Crippen molar-refractivity contribution >= 4 is 29.0 Å². The second-order valence-corrected chi connectivity index (χ2v) is 7.10. The Morgan fingerprint density at radius 2 is 1.81 bits per heavy atom. The Morgan fingerprint density at radius 1 is 1.07 bits per heavy atom. The summed E-state index contributed by atoms with van der Waals surface area (Å²) >= 11 is 6.19. The highest BCUT2D eigenvalue weighted by Gasteiger charge is 2.15. The quantitative estimate of drug-likeness (QED) is 0.629. The van der Waals surface area contributed by atoms with Crippen LogP contribution in [0.1, 0.15) is 28.1 Å². The van der Waals surface area contributed by atoms with Crippen molar-refractivity contribution in [3.63, 3.8) is 0 Å². The molecule has 0 saturated carbocycles. The van der Waals surface area contributed by atoms with E-state index in [2.05, 4.69) is 34.8 Å². The van der Waals surface area contributed by atoms with Gasteiger partial charge in [-0.1, -0.05) is 41.9 Å². The first-order valence-corrected chi connectivity index (χ1v) is 9.15. The van der Waals surface area contributed by atoms with Crippen molar-refractivity contribution < 1.29 is 4.79 Å². The Bertz CT molecular complexity index is 994. The lowest BCUT2D eigenvalue weighted by atomic mass is 10.1. The number of amides is 2. The molecule has 0 aliphatic carbocycles. The molecule has 0 fully saturated rings. The molecule has 0 unspecified atom stereocenters. The number of hydrogen-bond donors (Lipinski definition) is 2. The van der Waals surface area contributed by atoms with Crippen LogP contribution in [0.5, 0.6) is 0 Å². The highest BCUT2D eigenvalue weighted by atomic mass is 35.5. The van der Waals surface area contributed by atoms with Crippen LogP contribution in [-0.4, -0.2) is 15.8 Å². The Kier molecular flexibility index (Phi) is 5.51. The van der Waals surface area contributed by atoms with Crippen LogP contribution in [0.2, 0.25) is 5.02 Å². The molecule has 2 N–H and O–H groups in total. The van der Waals surface area contributed by atoms with Crippen LogP contribution < -0.4 is 10.6 Å². The van der Waals surface area contributed by atoms with Gasteiger partial charge in [0.15, 0.2) is 0 Å². The van der Waals surface area contributed by atoms with Crippen LogP contribution in [0.3, 0.4) is 0 Å². The maximum atomic E-state index is 12.4. The number of aryl methyl sites for hydroxylation is 3. The number of nitrogens with zero attached hydrogens (tertiary/aromatic N) is 2. The molecule has 27 heavy (non-hydrogen) atoms. The van der Waals surface area contributed by atoms with Gasteiger partial charge in [-0.15, -0.1) is 0 Å². The highest BCUT2D eigenvalue weighted by Crippen LogP contribution is 2.24. The van der Waals surface area contributed by atoms with Crippen LogP contribution in [0.4, 0.5) is 16.2 Å². The van der Waals surface area contributed by atoms with E-state index in [1.807, 2.05) is 49.7 Å². The first kappa shape index (κ1) is 19.0. The normalized spacial score (nSPS) is 10.7. The van der Waals surface area contributed by atoms with Gasteiger partial charge in [0.05, 0.1) is 34.3 Å². The molecule has 5 nitrogen and oxygen atoms in total. The molecule has 0 spiro atoms. The molecule has 140 valence electrons. The lowest BCUT2D eigenvalue weighted by Gasteiger charge is -2.11. The summed E-state index contributed by atoms with van der Waals surface area (Å²) in [6.45, 7) is 8.53. The summed E-state index contributed by atoms with van der Waals surface area (Å²) in [6.07, 6.45) is 0. The Hall–Kier alpha value is -2.79. The zero-order chi connectivity index (χ0) is 19.6. The summed E-state index contributed by atoms with van der Waals surface area (Å²) in [5.41, 5.74) is 6.41. The predicted molar refractivity (Wildman–Crippen MR) is 111 cm³/mol. The van der Waals surface area contributed by atoms with Gasteiger partial charge in [0, 0.05) is 0 Å². The Labute approximate surface area is 164 Å². The summed E-state index contributed by atoms with van der Waals surface area (Å²) in [7, 11) is 0. The Morgan fingerprint density at radius 3 is 2.52 bits per heavy atom. The number of hydrogen-bond acceptors (Lipinski definition) is 2. The molecule has 0 radical (unpaired) electrons. The lowest BCUT2D eigenvalue weighted by Crippen LogP contribution is -2.20. The van der Waals surface area contributed by atoms with Crippen molar-refractivity contribution in [1.82, 2.24) is 9.78 Å². The molecule has 2 aromatic carbocycles. The zero-order valence-electron chi connectivity index (χ0n) is 15.9. The van der Waals surface area contributed by atoms with Crippen LogP contribution >= 0.6 is 11.6 Å². The third-order valence-electron chi connectivity index (χ3n) is 4.57. The zero-order valence-corrected chi connectivity index (χ0v) is 16.7. The van der Waals surface area contributed by atoms with Gasteiger partial charge in [-0.05, 0) is 56.5 Å². The maximum Gasteiger partial charge on any atom is 0.323 e. The molecule has 0 saturated heterocycles. The smallest absolute Gasteiger partial charge is 0.306 e. The fourth-order valence-electron chi connectivity index (χ4n) is 2.97. The molecule has 0 aliphatic heterocycles. The summed E-state index contributed by atoms with van der Waals surface area (Å²) in [5.74, 6) is 0. The summed E-state index contributed by atoms with van der Waals surface area (Å²) in [4.78, 5) is 12.4. The first-order valence-electron chi connectivity index (χ1n) is 8.78. The minimum atomic E-state index is -0.345. The van der Waals surface area contributed by atoms with Crippen LogP contribution in [0, 0.1) is 27.7 Å². The number of nitrogens with one attached hydrogen (secondary N) is 2. The van der Waals surface area contributed by atoms with Gasteiger partial charge in [0.2, 0.25) is 0 Å². The van der Waals surface area contributed by atoms with Gasteiger partial charge in [-0.2, -0.15) is 5.10 Å². The van der Waals surface area contributed by atoms with E-state index in [0.29, 0.717) is 22.9 Å². The molecule has 0 atom stereocenters. The molecule has 0 bridgehead atoms. The van der Waals surface area contributed by atoms with Crippen LogP contribution in [0.25, 0.3) is 0 Å². The van der Waals surface area contributed by atoms with Gasteiger partial charge in [0.1, 0.15) is 0 Å². The average Bonchev–Trinajstić information content (AvgIpc) is 2.87. The van der Waals surface area contributed by atoms with Crippen molar-refractivity contribution in [3.8, 4) is 0 Å². The number of anilines is 2. The molecule has 2 amide bonds. The van der Waals surface area contributed by atoms with E-state index >= 15 is 0 Å². The minimum absolute atomic E-state index is 0.345. The van der Waals surface area contributed by atoms with Gasteiger partial charge in [-0.3, -0.25) is 4.68 Å². The van der Waals surface area contributed by atoms with E-state index < -0.39 is 0 Å². The van der Waals surface area contributed by atoms with E-state index in [-0.39, 0.29) is 6.03 Å². The van der Waals surface area contributed by atoms with E-state index in [1.165, 1.54) is 11.1 Å². The lowest BCUT2D eigenvalue weighted by molar-refractivity contribution is 0.262. The maximum absolute atomic E-state index is 12.4. The van der Waals surface area contributed by atoms with Gasteiger partial charge in [-0.25, -0.2) is 4.79 Å². The van der Waals surface area contributed by atoms with Crippen molar-refractivity contribution in [2.45, 2.75) is 34.2 Å². The van der Waals surface area contributed by atoms with E-state index in [9.17, 15) is 4.79 Å². The third kappa shape index (κ3) is 4.31. The molecule has 1 heterocycles. The number of aromatic nitrogens is 2. The van der Waals surface area contributed by atoms with Crippen molar-refractivity contribution in [2.75, 3.05) is 10.6 Å². The minimum Gasteiger partial charge on any atom is -0.306 e. The molecular weight excluding hydrogens is 360 g/mol. The molecule has 3 rings (SSSR count). The fraction of sp³-hybridized carbons (Fsp3) is 0.238. The second kappa shape index (κ2) is 7.84. The largest absolute Gasteiger partial charge is 0.323 e. The summed E-state index contributed by atoms with van der Waals surface area (Å²) in [5, 5.41) is 10.8. The molecule has 6 heteroatoms. The van der Waals surface area contributed by atoms with E-state index in [0.717, 1.165) is 17.0 Å². The Balaban J connectivity index is 1.76. The molecule has 3 aromatic rings. The van der Waals surface area contributed by atoms with E-state index in [4.69, 9.17) is 11.6 Å².